The average Bonchev–Trinajstić information content (AvgIpc) is 2.26. The second-order valence-corrected chi connectivity index (χ2v) is 5.46. The molecule has 1 aliphatic rings. The Hall–Kier alpha value is -1.07. The molecule has 0 radical (unpaired) electrons. The van der Waals surface area contributed by atoms with Gasteiger partial charge in [-0.25, -0.2) is 0 Å². The van der Waals surface area contributed by atoms with Crippen LogP contribution in [-0.2, 0) is 12.7 Å². The average molecular weight is 272 g/mol. The minimum Gasteiger partial charge on any atom is -0.323 e. The van der Waals surface area contributed by atoms with Gasteiger partial charge in [-0.2, -0.15) is 13.2 Å². The molecule has 0 bridgehead atoms. The second kappa shape index (κ2) is 5.13. The van der Waals surface area contributed by atoms with Gasteiger partial charge in [0.05, 0.1) is 5.56 Å². The molecule has 5 heteroatoms. The Morgan fingerprint density at radius 1 is 1.32 bits per heavy atom. The molecule has 0 spiro atoms. The Morgan fingerprint density at radius 2 is 2.00 bits per heavy atom. The van der Waals surface area contributed by atoms with Gasteiger partial charge in [-0.15, -0.1) is 0 Å². The van der Waals surface area contributed by atoms with Crippen LogP contribution in [0.2, 0.25) is 0 Å². The molecular weight excluding hydrogens is 253 g/mol. The summed E-state index contributed by atoms with van der Waals surface area (Å²) in [6.45, 7) is 4.14. The van der Waals surface area contributed by atoms with Crippen molar-refractivity contribution in [2.24, 2.45) is 5.73 Å². The number of nitrogens with zero attached hydrogens (tertiary/aromatic N) is 1. The van der Waals surface area contributed by atoms with Crippen LogP contribution in [0, 0.1) is 0 Å². The standard InChI is InChI=1S/C14H19F3N2/c1-2-6-13(18)9-19(10-13)8-11-4-3-5-12(7-11)14(15,16)17/h3-5,7H,2,6,8-10,18H2,1H3. The molecule has 1 saturated heterocycles. The van der Waals surface area contributed by atoms with Crippen LogP contribution in [-0.4, -0.2) is 23.5 Å². The van der Waals surface area contributed by atoms with E-state index in [-0.39, 0.29) is 5.54 Å². The fourth-order valence-electron chi connectivity index (χ4n) is 2.72. The van der Waals surface area contributed by atoms with Crippen LogP contribution in [0.1, 0.15) is 30.9 Å². The molecule has 2 nitrogen and oxygen atoms in total. The lowest BCUT2D eigenvalue weighted by Gasteiger charge is -2.48. The first-order chi connectivity index (χ1) is 8.82. The number of hydrogen-bond acceptors (Lipinski definition) is 2. The zero-order chi connectivity index (χ0) is 14.1. The summed E-state index contributed by atoms with van der Waals surface area (Å²) in [6.07, 6.45) is -2.27. The summed E-state index contributed by atoms with van der Waals surface area (Å²) in [5.41, 5.74) is 6.10. The Kier molecular flexibility index (Phi) is 3.87. The zero-order valence-electron chi connectivity index (χ0n) is 11.0. The molecule has 2 rings (SSSR count). The van der Waals surface area contributed by atoms with E-state index >= 15 is 0 Å². The first kappa shape index (κ1) is 14.3. The van der Waals surface area contributed by atoms with Crippen LogP contribution >= 0.6 is 0 Å². The number of likely N-dealkylation sites (tertiary alicyclic amines) is 1. The van der Waals surface area contributed by atoms with Gasteiger partial charge in [-0.1, -0.05) is 31.5 Å². The van der Waals surface area contributed by atoms with Crippen molar-refractivity contribution in [1.82, 2.24) is 4.90 Å². The lowest BCUT2D eigenvalue weighted by Crippen LogP contribution is -2.66. The summed E-state index contributed by atoms with van der Waals surface area (Å²) < 4.78 is 37.8. The van der Waals surface area contributed by atoms with Crippen molar-refractivity contribution < 1.29 is 13.2 Å². The van der Waals surface area contributed by atoms with Gasteiger partial charge in [0.2, 0.25) is 0 Å². The zero-order valence-corrected chi connectivity index (χ0v) is 11.0. The Bertz CT molecular complexity index is 437. The summed E-state index contributed by atoms with van der Waals surface area (Å²) >= 11 is 0. The van der Waals surface area contributed by atoms with Crippen molar-refractivity contribution in [2.75, 3.05) is 13.1 Å². The van der Waals surface area contributed by atoms with Gasteiger partial charge in [0.1, 0.15) is 0 Å². The molecule has 1 fully saturated rings. The Morgan fingerprint density at radius 3 is 2.58 bits per heavy atom. The highest BCUT2D eigenvalue weighted by Gasteiger charge is 2.38. The highest BCUT2D eigenvalue weighted by atomic mass is 19.4. The summed E-state index contributed by atoms with van der Waals surface area (Å²) in [5, 5.41) is 0. The molecule has 1 heterocycles. The van der Waals surface area contributed by atoms with Crippen molar-refractivity contribution in [3.05, 3.63) is 35.4 Å². The number of halogens is 3. The molecule has 106 valence electrons. The first-order valence-corrected chi connectivity index (χ1v) is 6.50. The van der Waals surface area contributed by atoms with Crippen molar-refractivity contribution >= 4 is 0 Å². The molecular formula is C14H19F3N2. The van der Waals surface area contributed by atoms with Crippen LogP contribution in [0.4, 0.5) is 13.2 Å². The van der Waals surface area contributed by atoms with Crippen LogP contribution in [0.3, 0.4) is 0 Å². The smallest absolute Gasteiger partial charge is 0.323 e. The summed E-state index contributed by atoms with van der Waals surface area (Å²) in [6, 6.07) is 5.51. The number of benzene rings is 1. The van der Waals surface area contributed by atoms with E-state index in [1.165, 1.54) is 12.1 Å². The third kappa shape index (κ3) is 3.48. The van der Waals surface area contributed by atoms with E-state index in [9.17, 15) is 13.2 Å². The monoisotopic (exact) mass is 272 g/mol. The molecule has 0 aromatic heterocycles. The van der Waals surface area contributed by atoms with Crippen LogP contribution in [0.25, 0.3) is 0 Å². The van der Waals surface area contributed by atoms with Crippen molar-refractivity contribution in [3.63, 3.8) is 0 Å². The van der Waals surface area contributed by atoms with E-state index < -0.39 is 11.7 Å². The minimum absolute atomic E-state index is 0.142. The molecule has 0 saturated carbocycles. The van der Waals surface area contributed by atoms with Crippen LogP contribution in [0.5, 0.6) is 0 Å². The summed E-state index contributed by atoms with van der Waals surface area (Å²) in [7, 11) is 0. The van der Waals surface area contributed by atoms with E-state index in [1.54, 1.807) is 6.07 Å². The number of nitrogens with two attached hydrogens (primary N) is 1. The molecule has 0 atom stereocenters. The molecule has 1 aromatic carbocycles. The second-order valence-electron chi connectivity index (χ2n) is 5.46. The molecule has 1 aliphatic heterocycles. The lowest BCUT2D eigenvalue weighted by atomic mass is 9.86. The van der Waals surface area contributed by atoms with E-state index in [0.717, 1.165) is 32.0 Å². The van der Waals surface area contributed by atoms with Gasteiger partial charge in [0.15, 0.2) is 0 Å². The van der Waals surface area contributed by atoms with E-state index in [0.29, 0.717) is 12.1 Å². The molecule has 0 aliphatic carbocycles. The third-order valence-corrected chi connectivity index (χ3v) is 3.49. The van der Waals surface area contributed by atoms with Gasteiger partial charge in [-0.3, -0.25) is 4.90 Å². The van der Waals surface area contributed by atoms with E-state index in [1.807, 2.05) is 0 Å². The maximum Gasteiger partial charge on any atom is 0.416 e. The van der Waals surface area contributed by atoms with Crippen molar-refractivity contribution in [2.45, 2.75) is 38.0 Å². The third-order valence-electron chi connectivity index (χ3n) is 3.49. The maximum absolute atomic E-state index is 12.6. The number of hydrogen-bond donors (Lipinski definition) is 1. The highest BCUT2D eigenvalue weighted by molar-refractivity contribution is 5.26. The minimum atomic E-state index is -4.27. The van der Waals surface area contributed by atoms with Gasteiger partial charge < -0.3 is 5.73 Å². The molecule has 0 amide bonds. The van der Waals surface area contributed by atoms with Crippen molar-refractivity contribution in [3.8, 4) is 0 Å². The highest BCUT2D eigenvalue weighted by Crippen LogP contribution is 2.31. The molecule has 1 aromatic rings. The van der Waals surface area contributed by atoms with Crippen LogP contribution in [0.15, 0.2) is 24.3 Å². The van der Waals surface area contributed by atoms with Crippen LogP contribution < -0.4 is 5.73 Å². The topological polar surface area (TPSA) is 29.3 Å². The van der Waals surface area contributed by atoms with E-state index in [4.69, 9.17) is 5.73 Å². The van der Waals surface area contributed by atoms with Gasteiger partial charge in [0.25, 0.3) is 0 Å². The molecule has 19 heavy (non-hydrogen) atoms. The largest absolute Gasteiger partial charge is 0.416 e. The fourth-order valence-corrected chi connectivity index (χ4v) is 2.72. The first-order valence-electron chi connectivity index (χ1n) is 6.50. The Balaban J connectivity index is 1.95. The molecule has 0 unspecified atom stereocenters. The maximum atomic E-state index is 12.6. The van der Waals surface area contributed by atoms with Crippen molar-refractivity contribution in [1.29, 1.82) is 0 Å². The normalized spacial score (nSPS) is 19.2. The van der Waals surface area contributed by atoms with Gasteiger partial charge in [0, 0.05) is 25.2 Å². The predicted octanol–water partition coefficient (Wildman–Crippen LogP) is 3.02. The quantitative estimate of drug-likeness (QED) is 0.913. The van der Waals surface area contributed by atoms with Gasteiger partial charge in [-0.05, 0) is 18.1 Å². The summed E-state index contributed by atoms with van der Waals surface area (Å²) in [5.74, 6) is 0. The fraction of sp³-hybridized carbons (Fsp3) is 0.571. The molecule has 2 N–H and O–H groups in total. The predicted molar refractivity (Wildman–Crippen MR) is 68.5 cm³/mol. The Labute approximate surface area is 111 Å². The summed E-state index contributed by atoms with van der Waals surface area (Å²) in [4.78, 5) is 2.09. The lowest BCUT2D eigenvalue weighted by molar-refractivity contribution is -0.137. The van der Waals surface area contributed by atoms with E-state index in [2.05, 4.69) is 11.8 Å². The number of alkyl halides is 3. The van der Waals surface area contributed by atoms with Gasteiger partial charge >= 0.3 is 6.18 Å². The number of rotatable bonds is 4. The SMILES string of the molecule is CCCC1(N)CN(Cc2cccc(C(F)(F)F)c2)C1.